The monoisotopic (exact) mass is 493 g/mol. The van der Waals surface area contributed by atoms with Crippen LogP contribution in [0.5, 0.6) is 0 Å². The zero-order valence-electron chi connectivity index (χ0n) is 19.6. The van der Waals surface area contributed by atoms with Gasteiger partial charge >= 0.3 is 0 Å². The predicted octanol–water partition coefficient (Wildman–Crippen LogP) is 2.79. The molecule has 0 radical (unpaired) electrons. The van der Waals surface area contributed by atoms with Gasteiger partial charge in [0, 0.05) is 54.7 Å². The van der Waals surface area contributed by atoms with E-state index in [-0.39, 0.29) is 23.6 Å². The lowest BCUT2D eigenvalue weighted by Gasteiger charge is -2.39. The highest BCUT2D eigenvalue weighted by Gasteiger charge is 2.41. The van der Waals surface area contributed by atoms with Crippen LogP contribution in [0.15, 0.2) is 43.0 Å². The summed E-state index contributed by atoms with van der Waals surface area (Å²) in [6, 6.07) is 5.94. The second kappa shape index (κ2) is 8.66. The van der Waals surface area contributed by atoms with Gasteiger partial charge in [-0.25, -0.2) is 18.3 Å². The number of hydrogen-bond donors (Lipinski definition) is 2. The Balaban J connectivity index is 1.34. The highest BCUT2D eigenvalue weighted by atomic mass is 19.3. The number of amides is 2. The van der Waals surface area contributed by atoms with E-state index in [9.17, 15) is 18.4 Å². The molecule has 4 aromatic rings. The van der Waals surface area contributed by atoms with Crippen molar-refractivity contribution < 1.29 is 18.4 Å². The molecule has 2 aliphatic heterocycles. The minimum Gasteiger partial charge on any atom is -0.346 e. The average molecular weight is 494 g/mol. The van der Waals surface area contributed by atoms with E-state index in [4.69, 9.17) is 0 Å². The third-order valence-corrected chi connectivity index (χ3v) is 7.17. The van der Waals surface area contributed by atoms with Gasteiger partial charge in [0.2, 0.25) is 0 Å². The molecular formula is C25H25F2N7O2. The topological polar surface area (TPSA) is 98.6 Å². The number of nitrogens with one attached hydrogen (secondary N) is 2. The van der Waals surface area contributed by atoms with Crippen molar-refractivity contribution in [3.8, 4) is 11.1 Å². The molecule has 9 nitrogen and oxygen atoms in total. The van der Waals surface area contributed by atoms with Crippen LogP contribution in [0.25, 0.3) is 27.7 Å². The van der Waals surface area contributed by atoms with Crippen molar-refractivity contribution in [2.24, 2.45) is 0 Å². The Morgan fingerprint density at radius 1 is 1.19 bits per heavy atom. The van der Waals surface area contributed by atoms with E-state index in [2.05, 4.69) is 32.3 Å². The first kappa shape index (κ1) is 22.6. The molecule has 36 heavy (non-hydrogen) atoms. The third-order valence-electron chi connectivity index (χ3n) is 7.17. The van der Waals surface area contributed by atoms with Crippen LogP contribution in [0, 0.1) is 0 Å². The molecular weight excluding hydrogens is 468 g/mol. The number of aromatic amines is 1. The smallest absolute Gasteiger partial charge is 0.256 e. The summed E-state index contributed by atoms with van der Waals surface area (Å²) in [5.74, 6) is -0.612. The van der Waals surface area contributed by atoms with Gasteiger partial charge in [-0.2, -0.15) is 5.10 Å². The van der Waals surface area contributed by atoms with Gasteiger partial charge in [-0.1, -0.05) is 0 Å². The minimum atomic E-state index is -2.64. The number of likely N-dealkylation sites (tertiary alicyclic amines) is 1. The fourth-order valence-corrected chi connectivity index (χ4v) is 5.54. The molecule has 2 fully saturated rings. The van der Waals surface area contributed by atoms with Gasteiger partial charge in [0.25, 0.3) is 18.2 Å². The summed E-state index contributed by atoms with van der Waals surface area (Å²) in [5.41, 5.74) is 3.48. The minimum absolute atomic E-state index is 0.00128. The Bertz CT molecular complexity index is 1470. The third kappa shape index (κ3) is 3.79. The molecule has 0 spiro atoms. The van der Waals surface area contributed by atoms with Crippen molar-refractivity contribution in [3.63, 3.8) is 0 Å². The Morgan fingerprint density at radius 3 is 2.72 bits per heavy atom. The number of carbonyl (C=O) groups is 2. The van der Waals surface area contributed by atoms with Gasteiger partial charge in [0.15, 0.2) is 0 Å². The standard InChI is InChI=1S/C25H25F2N7O2/c1-32-12-16-2-3-17(13-32)34(16)25(36)15-6-18-19(9-29-23(18)28-8-15)14-4-5-33-21(7-14)20(10-31-33)24(35)30-11-22(26)27/h4-10,16-17,22H,2-3,11-13H2,1H3,(H,28,29)(H,30,35). The fourth-order valence-electron chi connectivity index (χ4n) is 5.54. The first-order valence-electron chi connectivity index (χ1n) is 11.9. The Kier molecular flexibility index (Phi) is 5.44. The first-order chi connectivity index (χ1) is 17.4. The van der Waals surface area contributed by atoms with Crippen LogP contribution in [0.3, 0.4) is 0 Å². The van der Waals surface area contributed by atoms with Crippen LogP contribution in [-0.4, -0.2) is 86.4 Å². The van der Waals surface area contributed by atoms with Crippen molar-refractivity contribution >= 4 is 28.4 Å². The number of alkyl halides is 2. The number of fused-ring (bicyclic) bond motifs is 4. The van der Waals surface area contributed by atoms with Crippen molar-refractivity contribution in [2.75, 3.05) is 26.7 Å². The van der Waals surface area contributed by atoms with Crippen LogP contribution in [0.1, 0.15) is 33.6 Å². The lowest BCUT2D eigenvalue weighted by atomic mass is 10.0. The normalized spacial score (nSPS) is 20.1. The molecule has 2 amide bonds. The number of rotatable bonds is 5. The van der Waals surface area contributed by atoms with Crippen LogP contribution in [0.4, 0.5) is 8.78 Å². The molecule has 11 heteroatoms. The molecule has 2 bridgehead atoms. The number of piperazine rings is 1. The summed E-state index contributed by atoms with van der Waals surface area (Å²) in [6.07, 6.45) is 5.89. The number of likely N-dealkylation sites (N-methyl/N-ethyl adjacent to an activating group) is 1. The molecule has 2 saturated heterocycles. The summed E-state index contributed by atoms with van der Waals surface area (Å²) in [6.45, 7) is 1.04. The summed E-state index contributed by atoms with van der Waals surface area (Å²) in [7, 11) is 2.10. The molecule has 2 unspecified atom stereocenters. The summed E-state index contributed by atoms with van der Waals surface area (Å²) < 4.78 is 26.6. The van der Waals surface area contributed by atoms with Crippen molar-refractivity contribution in [3.05, 3.63) is 54.1 Å². The number of carbonyl (C=O) groups excluding carboxylic acids is 2. The predicted molar refractivity (Wildman–Crippen MR) is 129 cm³/mol. The lowest BCUT2D eigenvalue weighted by molar-refractivity contribution is 0.0472. The van der Waals surface area contributed by atoms with E-state index in [1.54, 1.807) is 18.5 Å². The SMILES string of the molecule is CN1CC2CCC(C1)N2C(=O)c1cnc2[nH]cc(-c3ccn4ncc(C(=O)NCC(F)F)c4c3)c2c1. The second-order valence-corrected chi connectivity index (χ2v) is 9.55. The molecule has 0 aromatic carbocycles. The fraction of sp³-hybridized carbons (Fsp3) is 0.360. The van der Waals surface area contributed by atoms with E-state index in [0.717, 1.165) is 42.4 Å². The molecule has 6 rings (SSSR count). The number of aromatic nitrogens is 4. The van der Waals surface area contributed by atoms with Crippen LogP contribution in [-0.2, 0) is 0 Å². The van der Waals surface area contributed by atoms with Crippen LogP contribution < -0.4 is 5.32 Å². The maximum Gasteiger partial charge on any atom is 0.256 e. The van der Waals surface area contributed by atoms with Crippen molar-refractivity contribution in [1.82, 2.24) is 34.7 Å². The summed E-state index contributed by atoms with van der Waals surface area (Å²) in [5, 5.41) is 7.17. The molecule has 0 saturated carbocycles. The van der Waals surface area contributed by atoms with Gasteiger partial charge in [-0.3, -0.25) is 9.59 Å². The Morgan fingerprint density at radius 2 is 1.97 bits per heavy atom. The highest BCUT2D eigenvalue weighted by Crippen LogP contribution is 2.33. The lowest BCUT2D eigenvalue weighted by Crippen LogP contribution is -2.54. The zero-order chi connectivity index (χ0) is 25.0. The number of halogens is 2. The van der Waals surface area contributed by atoms with Crippen molar-refractivity contribution in [2.45, 2.75) is 31.4 Å². The molecule has 6 heterocycles. The van der Waals surface area contributed by atoms with Gasteiger partial charge in [-0.15, -0.1) is 0 Å². The van der Waals surface area contributed by atoms with Crippen LogP contribution in [0.2, 0.25) is 0 Å². The summed E-state index contributed by atoms with van der Waals surface area (Å²) in [4.78, 5) is 37.9. The quantitative estimate of drug-likeness (QED) is 0.446. The van der Waals surface area contributed by atoms with E-state index in [1.807, 2.05) is 23.2 Å². The van der Waals surface area contributed by atoms with E-state index in [1.165, 1.54) is 10.7 Å². The van der Waals surface area contributed by atoms with Crippen LogP contribution >= 0.6 is 0 Å². The molecule has 2 aliphatic rings. The largest absolute Gasteiger partial charge is 0.346 e. The maximum atomic E-state index is 13.5. The van der Waals surface area contributed by atoms with E-state index in [0.29, 0.717) is 16.7 Å². The zero-order valence-corrected chi connectivity index (χ0v) is 19.6. The molecule has 2 atom stereocenters. The Labute approximate surface area is 205 Å². The van der Waals surface area contributed by atoms with Gasteiger partial charge < -0.3 is 20.1 Å². The molecule has 2 N–H and O–H groups in total. The number of H-pyrrole nitrogens is 1. The van der Waals surface area contributed by atoms with Gasteiger partial charge in [-0.05, 0) is 43.7 Å². The van der Waals surface area contributed by atoms with E-state index >= 15 is 0 Å². The summed E-state index contributed by atoms with van der Waals surface area (Å²) >= 11 is 0. The molecule has 0 aliphatic carbocycles. The van der Waals surface area contributed by atoms with E-state index < -0.39 is 18.9 Å². The highest BCUT2D eigenvalue weighted by molar-refractivity contribution is 6.03. The number of hydrogen-bond acceptors (Lipinski definition) is 5. The second-order valence-electron chi connectivity index (χ2n) is 9.55. The first-order valence-corrected chi connectivity index (χ1v) is 11.9. The maximum absolute atomic E-state index is 13.5. The Hall–Kier alpha value is -3.86. The van der Waals surface area contributed by atoms with Gasteiger partial charge in [0.1, 0.15) is 5.65 Å². The van der Waals surface area contributed by atoms with Crippen molar-refractivity contribution in [1.29, 1.82) is 0 Å². The molecule has 186 valence electrons. The number of pyridine rings is 2. The number of nitrogens with zero attached hydrogens (tertiary/aromatic N) is 5. The average Bonchev–Trinajstić information content (AvgIpc) is 3.55. The molecule has 4 aromatic heterocycles. The van der Waals surface area contributed by atoms with Gasteiger partial charge in [0.05, 0.1) is 29.4 Å².